The molecule has 3 aromatic carbocycles. The number of nitrogens with two attached hydrogens (primary N) is 2. The van der Waals surface area contributed by atoms with Crippen LogP contribution in [0.1, 0.15) is 57.8 Å². The highest BCUT2D eigenvalue weighted by Crippen LogP contribution is 2.38. The lowest BCUT2D eigenvalue weighted by Crippen LogP contribution is -2.60. The van der Waals surface area contributed by atoms with Crippen LogP contribution in [0.2, 0.25) is 30.1 Å². The standard InChI is InChI=1S/C26H34Cl2N8O4.C16H17Cl2N3O2.C16H19Cl2N3O/c1-34-20(12-18(33-34)16-8-5-9-17(27)22(16)28)35-10-11-36(19(14-35)25(39)40)21(37)13-31-24(38)23(32-26(29)30)15-6-3-2-4-7-15;1-20-14(21-7-3-4-10(9-21)16(22)23)8-13(19-20)11-5-2-6-12(17)15(11)18;1-20-15(21-7-3-4-11(9-21)10-22)8-14(19-20)12-5-2-6-13(17)16(12)18/h5,8-9,12,15,19,23H,2-4,6-7,10-11,13-14H2,1H3,(H,31,38)(H,39,40)(H4,29,30,32);2,5-6,8,10H,3-4,7,9H2,1H3,(H,22,23);2,5-6,8,11,22H,3-4,7,9-10H2,1H3/t19?,23-;;/m1../s1. The average molecular weight is 1290 g/mol. The van der Waals surface area contributed by atoms with Gasteiger partial charge in [0.15, 0.2) is 5.96 Å². The number of nitrogens with one attached hydrogen (secondary N) is 1. The molecule has 6 aromatic rings. The first-order chi connectivity index (χ1) is 40.6. The molecule has 3 unspecified atom stereocenters. The lowest BCUT2D eigenvalue weighted by molar-refractivity contribution is -0.150. The van der Waals surface area contributed by atoms with Crippen LogP contribution in [0.15, 0.2) is 77.8 Å². The summed E-state index contributed by atoms with van der Waals surface area (Å²) in [6.07, 6.45) is 8.47. The largest absolute Gasteiger partial charge is 0.481 e. The molecular formula is C58H70Cl6N14O7. The maximum absolute atomic E-state index is 13.1. The number of nitrogens with zero attached hydrogens (tertiary/aromatic N) is 11. The SMILES string of the molecule is Cn1nc(-c2cccc(Cl)c2Cl)cc1N1CCCC(C(=O)O)C1.Cn1nc(-c2cccc(Cl)c2Cl)cc1N1CCCC(CO)C1.Cn1nc(-c2cccc(Cl)c2Cl)cc1N1CCN(C(=O)CNC(=O)[C@H](N=C(N)N)C2CCCCC2)C(C(=O)O)C1. The summed E-state index contributed by atoms with van der Waals surface area (Å²) in [6, 6.07) is 20.1. The summed E-state index contributed by atoms with van der Waals surface area (Å²) in [4.78, 5) is 61.1. The van der Waals surface area contributed by atoms with Gasteiger partial charge >= 0.3 is 11.9 Å². The Labute approximate surface area is 523 Å². The molecule has 0 bridgehead atoms. The number of benzene rings is 3. The van der Waals surface area contributed by atoms with Gasteiger partial charge in [0.2, 0.25) is 11.8 Å². The molecule has 4 atom stereocenters. The van der Waals surface area contributed by atoms with Gasteiger partial charge in [-0.05, 0) is 68.6 Å². The topological polar surface area (TPSA) is 272 Å². The van der Waals surface area contributed by atoms with Gasteiger partial charge in [-0.25, -0.2) is 9.79 Å². The number of carboxylic acid groups (broad SMARTS) is 2. The van der Waals surface area contributed by atoms with Crippen molar-refractivity contribution in [1.29, 1.82) is 0 Å². The van der Waals surface area contributed by atoms with Gasteiger partial charge in [-0.3, -0.25) is 28.4 Å². The van der Waals surface area contributed by atoms with Crippen LogP contribution in [0.25, 0.3) is 33.8 Å². The van der Waals surface area contributed by atoms with Crippen molar-refractivity contribution in [3.05, 3.63) is 103 Å². The van der Waals surface area contributed by atoms with Gasteiger partial charge in [0, 0.05) is 102 Å². The van der Waals surface area contributed by atoms with Crippen LogP contribution < -0.4 is 31.5 Å². The molecule has 456 valence electrons. The van der Waals surface area contributed by atoms with E-state index in [9.17, 15) is 34.5 Å². The highest BCUT2D eigenvalue weighted by atomic mass is 35.5. The van der Waals surface area contributed by atoms with E-state index in [-0.39, 0.29) is 44.0 Å². The zero-order valence-electron chi connectivity index (χ0n) is 47.4. The number of hydrogen-bond donors (Lipinski definition) is 6. The Morgan fingerprint density at radius 3 is 1.51 bits per heavy atom. The third kappa shape index (κ3) is 15.8. The molecule has 0 spiro atoms. The molecule has 6 heterocycles. The lowest BCUT2D eigenvalue weighted by atomic mass is 9.83. The van der Waals surface area contributed by atoms with E-state index in [1.54, 1.807) is 46.7 Å². The van der Waals surface area contributed by atoms with Crippen molar-refractivity contribution >= 4 is 117 Å². The van der Waals surface area contributed by atoms with Crippen LogP contribution in [-0.2, 0) is 40.3 Å². The maximum Gasteiger partial charge on any atom is 0.328 e. The second kappa shape index (κ2) is 29.3. The first-order valence-electron chi connectivity index (χ1n) is 28.1. The average Bonchev–Trinajstić information content (AvgIpc) is 3.22. The van der Waals surface area contributed by atoms with Gasteiger partial charge in [-0.2, -0.15) is 15.3 Å². The van der Waals surface area contributed by atoms with Crippen molar-refractivity contribution in [2.75, 3.05) is 73.7 Å². The molecule has 21 nitrogen and oxygen atoms in total. The Balaban J connectivity index is 0.000000178. The first kappa shape index (κ1) is 64.5. The van der Waals surface area contributed by atoms with Crippen molar-refractivity contribution < 1.29 is 34.5 Å². The van der Waals surface area contributed by atoms with Crippen molar-refractivity contribution in [2.24, 2.45) is 55.4 Å². The fourth-order valence-corrected chi connectivity index (χ4v) is 12.6. The molecule has 27 heteroatoms. The lowest BCUT2D eigenvalue weighted by Gasteiger charge is -2.40. The van der Waals surface area contributed by atoms with E-state index in [4.69, 9.17) is 81.1 Å². The smallest absolute Gasteiger partial charge is 0.328 e. The van der Waals surface area contributed by atoms with Crippen LogP contribution >= 0.6 is 69.6 Å². The summed E-state index contributed by atoms with van der Waals surface area (Å²) in [5.74, 6) is -0.414. The number of halogens is 6. The zero-order valence-corrected chi connectivity index (χ0v) is 51.9. The van der Waals surface area contributed by atoms with Crippen LogP contribution in [0.5, 0.6) is 0 Å². The molecule has 1 aliphatic carbocycles. The summed E-state index contributed by atoms with van der Waals surface area (Å²) < 4.78 is 5.27. The number of aryl methyl sites for hydroxylation is 3. The molecule has 0 radical (unpaired) electrons. The molecule has 3 aliphatic heterocycles. The molecule has 1 saturated carbocycles. The van der Waals surface area contributed by atoms with Crippen LogP contribution in [-0.4, -0.2) is 150 Å². The van der Waals surface area contributed by atoms with Gasteiger partial charge in [0.25, 0.3) is 0 Å². The molecule has 4 aliphatic rings. The third-order valence-corrected chi connectivity index (χ3v) is 18.3. The minimum atomic E-state index is -1.15. The van der Waals surface area contributed by atoms with Crippen LogP contribution in [0.4, 0.5) is 17.5 Å². The van der Waals surface area contributed by atoms with E-state index in [0.717, 1.165) is 112 Å². The number of guanidine groups is 1. The Morgan fingerprint density at radius 2 is 1.06 bits per heavy atom. The summed E-state index contributed by atoms with van der Waals surface area (Å²) in [6.45, 7) is 3.60. The number of hydrogen-bond acceptors (Lipinski definition) is 12. The molecular weight excluding hydrogens is 1220 g/mol. The number of rotatable bonds is 14. The monoisotopic (exact) mass is 1280 g/mol. The first-order valence-corrected chi connectivity index (χ1v) is 30.3. The van der Waals surface area contributed by atoms with E-state index in [2.05, 4.69) is 35.4 Å². The predicted octanol–water partition coefficient (Wildman–Crippen LogP) is 9.13. The van der Waals surface area contributed by atoms with Crippen molar-refractivity contribution in [3.8, 4) is 33.8 Å². The van der Waals surface area contributed by atoms with E-state index in [1.807, 2.05) is 66.1 Å². The quantitative estimate of drug-likeness (QED) is 0.0438. The van der Waals surface area contributed by atoms with Crippen LogP contribution in [0, 0.1) is 17.8 Å². The number of aromatic nitrogens is 6. The number of carboxylic acids is 2. The molecule has 4 fully saturated rings. The minimum Gasteiger partial charge on any atom is -0.481 e. The third-order valence-electron chi connectivity index (χ3n) is 15.8. The predicted molar refractivity (Wildman–Crippen MR) is 335 cm³/mol. The van der Waals surface area contributed by atoms with Gasteiger partial charge in [-0.1, -0.05) is 125 Å². The number of carbonyl (C=O) groups is 4. The molecule has 3 aromatic heterocycles. The molecule has 10 rings (SSSR count). The number of piperidine rings is 2. The second-order valence-electron chi connectivity index (χ2n) is 21.6. The second-order valence-corrected chi connectivity index (χ2v) is 24.0. The Kier molecular flexibility index (Phi) is 22.2. The Bertz CT molecular complexity index is 3380. The number of aliphatic hydroxyl groups excluding tert-OH is 1. The number of aliphatic hydroxyl groups is 1. The molecule has 2 amide bonds. The summed E-state index contributed by atoms with van der Waals surface area (Å²) in [5, 5.41) is 47.7. The van der Waals surface area contributed by atoms with Gasteiger partial charge in [0.1, 0.15) is 29.5 Å². The summed E-state index contributed by atoms with van der Waals surface area (Å²) >= 11 is 37.3. The van der Waals surface area contributed by atoms with Crippen molar-refractivity contribution in [3.63, 3.8) is 0 Å². The number of aliphatic imine (C=N–C) groups is 1. The van der Waals surface area contributed by atoms with Gasteiger partial charge in [-0.15, -0.1) is 0 Å². The number of amides is 2. The number of aliphatic carboxylic acids is 2. The molecule has 3 saturated heterocycles. The van der Waals surface area contributed by atoms with Gasteiger partial charge in [0.05, 0.1) is 66.2 Å². The molecule has 85 heavy (non-hydrogen) atoms. The minimum absolute atomic E-state index is 0.00755. The number of anilines is 3. The highest BCUT2D eigenvalue weighted by molar-refractivity contribution is 6.44. The normalized spacial score (nSPS) is 18.6. The number of carbonyl (C=O) groups excluding carboxylic acids is 2. The zero-order chi connectivity index (χ0) is 61.2. The summed E-state index contributed by atoms with van der Waals surface area (Å²) in [5.41, 5.74) is 15.5. The van der Waals surface area contributed by atoms with Crippen molar-refractivity contribution in [1.82, 2.24) is 39.6 Å². The fourth-order valence-electron chi connectivity index (χ4n) is 11.4. The Morgan fingerprint density at radius 1 is 0.600 bits per heavy atom. The van der Waals surface area contributed by atoms with Gasteiger partial charge < -0.3 is 51.7 Å². The van der Waals surface area contributed by atoms with Crippen molar-refractivity contribution in [2.45, 2.75) is 69.9 Å². The maximum atomic E-state index is 13.1. The van der Waals surface area contributed by atoms with E-state index in [0.29, 0.717) is 66.2 Å². The Hall–Kier alpha value is -6.46. The fraction of sp³-hybridized carbons (Fsp3) is 0.448. The van der Waals surface area contributed by atoms with Crippen LogP contribution in [0.3, 0.4) is 0 Å². The number of piperazine rings is 1. The van der Waals surface area contributed by atoms with E-state index in [1.165, 1.54) is 4.90 Å². The summed E-state index contributed by atoms with van der Waals surface area (Å²) in [7, 11) is 5.53. The highest BCUT2D eigenvalue weighted by Gasteiger charge is 2.38. The molecule has 8 N–H and O–H groups in total. The van der Waals surface area contributed by atoms with E-state index >= 15 is 0 Å². The van der Waals surface area contributed by atoms with E-state index < -0.39 is 35.8 Å².